The Labute approximate surface area is 113 Å². The zero-order valence-corrected chi connectivity index (χ0v) is 11.8. The molecular weight excluding hydrogens is 246 g/mol. The van der Waals surface area contributed by atoms with Gasteiger partial charge in [0, 0.05) is 17.8 Å². The fourth-order valence-corrected chi connectivity index (χ4v) is 2.11. The number of benzene rings is 1. The molecule has 3 nitrogen and oxygen atoms in total. The maximum atomic E-state index is 6.04. The first kappa shape index (κ1) is 13.1. The van der Waals surface area contributed by atoms with Crippen molar-refractivity contribution in [3.8, 4) is 0 Å². The highest BCUT2D eigenvalue weighted by Gasteiger charge is 2.10. The Hall–Kier alpha value is -1.35. The van der Waals surface area contributed by atoms with Gasteiger partial charge in [-0.05, 0) is 43.4 Å². The summed E-state index contributed by atoms with van der Waals surface area (Å²) in [7, 11) is 0. The van der Waals surface area contributed by atoms with Gasteiger partial charge in [-0.1, -0.05) is 35.9 Å². The summed E-state index contributed by atoms with van der Waals surface area (Å²) in [6.07, 6.45) is 2.92. The fourth-order valence-electron chi connectivity index (χ4n) is 1.99. The summed E-state index contributed by atoms with van der Waals surface area (Å²) in [4.78, 5) is 0. The largest absolute Gasteiger partial charge is 0.253 e. The van der Waals surface area contributed by atoms with E-state index in [1.807, 2.05) is 23.9 Å². The zero-order chi connectivity index (χ0) is 13.1. The number of aromatic nitrogens is 3. The van der Waals surface area contributed by atoms with E-state index in [2.05, 4.69) is 36.3 Å². The SMILES string of the molecule is CCn1cc(CC(C)c2ccc(Cl)c(C)c2)nn1. The van der Waals surface area contributed by atoms with Crippen molar-refractivity contribution in [2.75, 3.05) is 0 Å². The quantitative estimate of drug-likeness (QED) is 0.844. The van der Waals surface area contributed by atoms with Gasteiger partial charge in [-0.2, -0.15) is 0 Å². The van der Waals surface area contributed by atoms with Crippen molar-refractivity contribution in [1.29, 1.82) is 0 Å². The highest BCUT2D eigenvalue weighted by Crippen LogP contribution is 2.24. The summed E-state index contributed by atoms with van der Waals surface area (Å²) in [6, 6.07) is 6.20. The lowest BCUT2D eigenvalue weighted by atomic mass is 9.95. The number of rotatable bonds is 4. The molecule has 0 spiro atoms. The molecule has 0 saturated carbocycles. The molecule has 2 aromatic rings. The Bertz CT molecular complexity index is 534. The summed E-state index contributed by atoms with van der Waals surface area (Å²) >= 11 is 6.04. The minimum Gasteiger partial charge on any atom is -0.253 e. The molecule has 0 aliphatic rings. The number of halogens is 1. The van der Waals surface area contributed by atoms with E-state index in [4.69, 9.17) is 11.6 Å². The van der Waals surface area contributed by atoms with Gasteiger partial charge in [-0.3, -0.25) is 4.68 Å². The molecule has 1 aromatic heterocycles. The van der Waals surface area contributed by atoms with E-state index in [1.54, 1.807) is 0 Å². The highest BCUT2D eigenvalue weighted by molar-refractivity contribution is 6.31. The Balaban J connectivity index is 2.11. The van der Waals surface area contributed by atoms with Crippen molar-refractivity contribution >= 4 is 11.6 Å². The standard InChI is InChI=1S/C14H18ClN3/c1-4-18-9-13(16-17-18)8-10(2)12-5-6-14(15)11(3)7-12/h5-7,9-10H,4,8H2,1-3H3. The average molecular weight is 264 g/mol. The van der Waals surface area contributed by atoms with Crippen molar-refractivity contribution in [1.82, 2.24) is 15.0 Å². The van der Waals surface area contributed by atoms with Crippen molar-refractivity contribution < 1.29 is 0 Å². The van der Waals surface area contributed by atoms with Crippen LogP contribution in [-0.2, 0) is 13.0 Å². The fraction of sp³-hybridized carbons (Fsp3) is 0.429. The predicted octanol–water partition coefficient (Wildman–Crippen LogP) is 3.61. The van der Waals surface area contributed by atoms with Crippen LogP contribution in [0.3, 0.4) is 0 Å². The van der Waals surface area contributed by atoms with Crippen LogP contribution >= 0.6 is 11.6 Å². The van der Waals surface area contributed by atoms with Gasteiger partial charge in [0.2, 0.25) is 0 Å². The van der Waals surface area contributed by atoms with Crippen LogP contribution in [0.15, 0.2) is 24.4 Å². The van der Waals surface area contributed by atoms with E-state index in [1.165, 1.54) is 5.56 Å². The van der Waals surface area contributed by atoms with Gasteiger partial charge in [0.1, 0.15) is 0 Å². The van der Waals surface area contributed by atoms with Gasteiger partial charge in [0.15, 0.2) is 0 Å². The molecule has 0 fully saturated rings. The molecule has 96 valence electrons. The molecule has 1 aromatic carbocycles. The van der Waals surface area contributed by atoms with Crippen LogP contribution in [0.5, 0.6) is 0 Å². The maximum absolute atomic E-state index is 6.04. The molecule has 0 bridgehead atoms. The van der Waals surface area contributed by atoms with Crippen LogP contribution in [0.25, 0.3) is 0 Å². The number of hydrogen-bond acceptors (Lipinski definition) is 2. The Morgan fingerprint density at radius 3 is 2.78 bits per heavy atom. The normalized spacial score (nSPS) is 12.7. The van der Waals surface area contributed by atoms with Gasteiger partial charge in [-0.15, -0.1) is 5.10 Å². The van der Waals surface area contributed by atoms with Crippen LogP contribution in [0.2, 0.25) is 5.02 Å². The molecule has 0 saturated heterocycles. The minimum atomic E-state index is 0.419. The van der Waals surface area contributed by atoms with Crippen molar-refractivity contribution in [2.45, 2.75) is 39.7 Å². The molecule has 1 heterocycles. The molecule has 2 rings (SSSR count). The van der Waals surface area contributed by atoms with E-state index in [0.29, 0.717) is 5.92 Å². The van der Waals surface area contributed by atoms with Gasteiger partial charge < -0.3 is 0 Å². The lowest BCUT2D eigenvalue weighted by Gasteiger charge is -2.11. The summed E-state index contributed by atoms with van der Waals surface area (Å²) in [5.41, 5.74) is 3.46. The van der Waals surface area contributed by atoms with Crippen LogP contribution in [0.4, 0.5) is 0 Å². The van der Waals surface area contributed by atoms with E-state index in [0.717, 1.165) is 29.2 Å². The number of aryl methyl sites for hydroxylation is 2. The molecule has 0 aliphatic carbocycles. The van der Waals surface area contributed by atoms with E-state index >= 15 is 0 Å². The smallest absolute Gasteiger partial charge is 0.0833 e. The molecular formula is C14H18ClN3. The molecule has 18 heavy (non-hydrogen) atoms. The van der Waals surface area contributed by atoms with Crippen molar-refractivity contribution in [3.63, 3.8) is 0 Å². The molecule has 4 heteroatoms. The molecule has 0 amide bonds. The van der Waals surface area contributed by atoms with E-state index in [-0.39, 0.29) is 0 Å². The first-order chi connectivity index (χ1) is 8.60. The summed E-state index contributed by atoms with van der Waals surface area (Å²) in [6.45, 7) is 7.16. The molecule has 0 N–H and O–H groups in total. The number of nitrogens with zero attached hydrogens (tertiary/aromatic N) is 3. The summed E-state index contributed by atoms with van der Waals surface area (Å²) in [5.74, 6) is 0.419. The Kier molecular flexibility index (Phi) is 4.02. The van der Waals surface area contributed by atoms with Gasteiger partial charge in [0.25, 0.3) is 0 Å². The third-order valence-corrected chi connectivity index (χ3v) is 3.60. The first-order valence-electron chi connectivity index (χ1n) is 6.25. The summed E-state index contributed by atoms with van der Waals surface area (Å²) in [5, 5.41) is 9.06. The van der Waals surface area contributed by atoms with E-state index < -0.39 is 0 Å². The second kappa shape index (κ2) is 5.53. The van der Waals surface area contributed by atoms with Gasteiger partial charge >= 0.3 is 0 Å². The lowest BCUT2D eigenvalue weighted by molar-refractivity contribution is 0.626. The lowest BCUT2D eigenvalue weighted by Crippen LogP contribution is -1.99. The predicted molar refractivity (Wildman–Crippen MR) is 74.0 cm³/mol. The van der Waals surface area contributed by atoms with Crippen LogP contribution < -0.4 is 0 Å². The Morgan fingerprint density at radius 2 is 2.17 bits per heavy atom. The van der Waals surface area contributed by atoms with Crippen LogP contribution in [0, 0.1) is 6.92 Å². The molecule has 0 radical (unpaired) electrons. The second-order valence-electron chi connectivity index (χ2n) is 4.68. The highest BCUT2D eigenvalue weighted by atomic mass is 35.5. The number of hydrogen-bond donors (Lipinski definition) is 0. The first-order valence-corrected chi connectivity index (χ1v) is 6.63. The molecule has 1 unspecified atom stereocenters. The van der Waals surface area contributed by atoms with Crippen molar-refractivity contribution in [3.05, 3.63) is 46.2 Å². The van der Waals surface area contributed by atoms with E-state index in [9.17, 15) is 0 Å². The molecule has 1 atom stereocenters. The topological polar surface area (TPSA) is 30.7 Å². The third-order valence-electron chi connectivity index (χ3n) is 3.18. The second-order valence-corrected chi connectivity index (χ2v) is 5.09. The molecule has 0 aliphatic heterocycles. The van der Waals surface area contributed by atoms with Gasteiger partial charge in [0.05, 0.1) is 5.69 Å². The van der Waals surface area contributed by atoms with Crippen LogP contribution in [-0.4, -0.2) is 15.0 Å². The van der Waals surface area contributed by atoms with Gasteiger partial charge in [-0.25, -0.2) is 0 Å². The minimum absolute atomic E-state index is 0.419. The van der Waals surface area contributed by atoms with Crippen molar-refractivity contribution in [2.24, 2.45) is 0 Å². The monoisotopic (exact) mass is 263 g/mol. The van der Waals surface area contributed by atoms with Crippen LogP contribution in [0.1, 0.15) is 36.6 Å². The average Bonchev–Trinajstić information content (AvgIpc) is 2.80. The Morgan fingerprint density at radius 1 is 1.39 bits per heavy atom. The zero-order valence-electron chi connectivity index (χ0n) is 11.0. The summed E-state index contributed by atoms with van der Waals surface area (Å²) < 4.78 is 1.86. The maximum Gasteiger partial charge on any atom is 0.0833 e. The third kappa shape index (κ3) is 2.91.